The van der Waals surface area contributed by atoms with E-state index in [9.17, 15) is 0 Å². The van der Waals surface area contributed by atoms with Gasteiger partial charge in [-0.2, -0.15) is 0 Å². The third-order valence-electron chi connectivity index (χ3n) is 2.03. The predicted molar refractivity (Wildman–Crippen MR) is 53.7 cm³/mol. The minimum atomic E-state index is 0.546. The van der Waals surface area contributed by atoms with E-state index in [1.54, 1.807) is 0 Å². The minimum absolute atomic E-state index is 0.546. The molecule has 2 nitrogen and oxygen atoms in total. The van der Waals surface area contributed by atoms with E-state index in [4.69, 9.17) is 5.73 Å². The van der Waals surface area contributed by atoms with Gasteiger partial charge in [0, 0.05) is 18.5 Å². The lowest BCUT2D eigenvalue weighted by Gasteiger charge is -2.03. The molecular weight excluding hydrogens is 160 g/mol. The molecule has 0 saturated carbocycles. The first kappa shape index (κ1) is 7.99. The summed E-state index contributed by atoms with van der Waals surface area (Å²) in [4.78, 5) is 0. The first-order valence-corrected chi connectivity index (χ1v) is 4.24. The van der Waals surface area contributed by atoms with Crippen LogP contribution in [0.3, 0.4) is 0 Å². The van der Waals surface area contributed by atoms with E-state index in [1.165, 1.54) is 0 Å². The molecule has 64 valence electrons. The fourth-order valence-electron chi connectivity index (χ4n) is 1.37. The van der Waals surface area contributed by atoms with Crippen molar-refractivity contribution in [1.29, 1.82) is 0 Å². The molecule has 0 bridgehead atoms. The van der Waals surface area contributed by atoms with E-state index in [0.717, 1.165) is 11.3 Å². The smallest absolute Gasteiger partial charge is 0.163 e. The maximum Gasteiger partial charge on any atom is 0.163 e. The molecule has 2 N–H and O–H groups in total. The lowest BCUT2D eigenvalue weighted by molar-refractivity contribution is 1.08. The van der Waals surface area contributed by atoms with E-state index in [-0.39, 0.29) is 0 Å². The van der Waals surface area contributed by atoms with Crippen LogP contribution in [0.1, 0.15) is 0 Å². The Morgan fingerprint density at radius 2 is 2.08 bits per heavy atom. The quantitative estimate of drug-likeness (QED) is 0.673. The van der Waals surface area contributed by atoms with Gasteiger partial charge in [-0.05, 0) is 12.1 Å². The van der Waals surface area contributed by atoms with Gasteiger partial charge in [0.15, 0.2) is 5.70 Å². The van der Waals surface area contributed by atoms with Crippen LogP contribution in [0.2, 0.25) is 0 Å². The van der Waals surface area contributed by atoms with Crippen molar-refractivity contribution in [3.05, 3.63) is 54.4 Å². The molecule has 0 fully saturated rings. The summed E-state index contributed by atoms with van der Waals surface area (Å²) in [5, 5.41) is 0. The van der Waals surface area contributed by atoms with Gasteiger partial charge in [0.2, 0.25) is 0 Å². The second-order valence-electron chi connectivity index (χ2n) is 2.85. The van der Waals surface area contributed by atoms with Gasteiger partial charge in [-0.25, -0.2) is 0 Å². The van der Waals surface area contributed by atoms with Gasteiger partial charge in [-0.1, -0.05) is 0 Å². The molecular formula is C11H11N2+. The predicted octanol–water partition coefficient (Wildman–Crippen LogP) is 1.59. The molecule has 1 aromatic rings. The highest BCUT2D eigenvalue weighted by atomic mass is 14.9. The van der Waals surface area contributed by atoms with Crippen molar-refractivity contribution in [2.75, 3.05) is 6.54 Å². The van der Waals surface area contributed by atoms with Crippen LogP contribution in [-0.4, -0.2) is 11.1 Å². The summed E-state index contributed by atoms with van der Waals surface area (Å²) in [5.74, 6) is 0. The Morgan fingerprint density at radius 1 is 1.31 bits per heavy atom. The average molecular weight is 171 g/mol. The second-order valence-corrected chi connectivity index (χ2v) is 2.85. The Kier molecular flexibility index (Phi) is 2.09. The maximum atomic E-state index is 5.62. The van der Waals surface area contributed by atoms with Crippen molar-refractivity contribution in [2.45, 2.75) is 0 Å². The van der Waals surface area contributed by atoms with Gasteiger partial charge in [-0.3, -0.25) is 0 Å². The summed E-state index contributed by atoms with van der Waals surface area (Å²) >= 11 is 0. The molecule has 0 spiro atoms. The Bertz CT molecular complexity index is 367. The largest absolute Gasteiger partial charge is 0.316 e. The van der Waals surface area contributed by atoms with Gasteiger partial charge in [-0.15, -0.1) is 0 Å². The molecule has 1 aliphatic carbocycles. The van der Waals surface area contributed by atoms with Gasteiger partial charge in [0.25, 0.3) is 0 Å². The number of nitrogens with zero attached hydrogens (tertiary/aromatic N) is 1. The van der Waals surface area contributed by atoms with E-state index in [1.807, 2.05) is 42.8 Å². The zero-order chi connectivity index (χ0) is 9.10. The topological polar surface area (TPSA) is 30.9 Å². The summed E-state index contributed by atoms with van der Waals surface area (Å²) in [5.41, 5.74) is 7.86. The zero-order valence-corrected chi connectivity index (χ0v) is 7.27. The highest BCUT2D eigenvalue weighted by Crippen LogP contribution is 2.16. The summed E-state index contributed by atoms with van der Waals surface area (Å²) in [7, 11) is 0. The Morgan fingerprint density at radius 3 is 2.77 bits per heavy atom. The highest BCUT2D eigenvalue weighted by Gasteiger charge is 2.12. The molecule has 0 amide bonds. The van der Waals surface area contributed by atoms with Crippen molar-refractivity contribution >= 4 is 5.70 Å². The summed E-state index contributed by atoms with van der Waals surface area (Å²) in [6.07, 6.45) is 12.9. The van der Waals surface area contributed by atoms with E-state index < -0.39 is 0 Å². The molecule has 2 rings (SSSR count). The summed E-state index contributed by atoms with van der Waals surface area (Å²) < 4.78 is 2.05. The highest BCUT2D eigenvalue weighted by molar-refractivity contribution is 5.66. The summed E-state index contributed by atoms with van der Waals surface area (Å²) in [6, 6.07) is 3.99. The number of hydrogen-bond donors (Lipinski definition) is 1. The average Bonchev–Trinajstić information content (AvgIpc) is 2.70. The van der Waals surface area contributed by atoms with Crippen molar-refractivity contribution in [3.8, 4) is 0 Å². The van der Waals surface area contributed by atoms with Gasteiger partial charge < -0.3 is 10.3 Å². The fraction of sp³-hybridized carbons (Fsp3) is 0.0909. The van der Waals surface area contributed by atoms with Crippen molar-refractivity contribution in [3.63, 3.8) is 0 Å². The molecule has 1 heterocycles. The summed E-state index contributed by atoms with van der Waals surface area (Å²) in [6.45, 7) is 0.546. The van der Waals surface area contributed by atoms with Crippen LogP contribution in [0.15, 0.2) is 48.3 Å². The lowest BCUT2D eigenvalue weighted by Crippen LogP contribution is -2.07. The molecule has 1 aliphatic rings. The molecule has 1 aromatic heterocycles. The SMILES string of the molecule is NCC1=C(n2cccc2)C=C[C+]=C1. The van der Waals surface area contributed by atoms with E-state index >= 15 is 0 Å². The van der Waals surface area contributed by atoms with Crippen molar-refractivity contribution in [1.82, 2.24) is 4.57 Å². The Balaban J connectivity index is 2.47. The first-order valence-electron chi connectivity index (χ1n) is 4.24. The monoisotopic (exact) mass is 171 g/mol. The van der Waals surface area contributed by atoms with Crippen LogP contribution >= 0.6 is 0 Å². The van der Waals surface area contributed by atoms with Crippen LogP contribution < -0.4 is 5.73 Å². The number of aromatic nitrogens is 1. The molecule has 0 aliphatic heterocycles. The Labute approximate surface area is 77.7 Å². The molecule has 0 saturated heterocycles. The lowest BCUT2D eigenvalue weighted by atomic mass is 10.1. The normalized spacial score (nSPS) is 14.8. The fourth-order valence-corrected chi connectivity index (χ4v) is 1.37. The standard InChI is InChI=1S/C11H11N2/c12-9-10-5-1-2-6-11(10)13-7-3-4-8-13/h2-8H,9,12H2/q+1. The molecule has 0 atom stereocenters. The van der Waals surface area contributed by atoms with Crippen LogP contribution in [0.25, 0.3) is 5.70 Å². The minimum Gasteiger partial charge on any atom is -0.316 e. The third kappa shape index (κ3) is 1.45. The van der Waals surface area contributed by atoms with Crippen LogP contribution in [-0.2, 0) is 0 Å². The first-order chi connectivity index (χ1) is 6.42. The Hall–Kier alpha value is -1.63. The van der Waals surface area contributed by atoms with Crippen molar-refractivity contribution < 1.29 is 0 Å². The zero-order valence-electron chi connectivity index (χ0n) is 7.27. The van der Waals surface area contributed by atoms with Crippen molar-refractivity contribution in [2.24, 2.45) is 5.73 Å². The van der Waals surface area contributed by atoms with Crippen LogP contribution in [0, 0.1) is 6.08 Å². The molecule has 0 unspecified atom stereocenters. The second kappa shape index (κ2) is 3.40. The maximum absolute atomic E-state index is 5.62. The molecule has 0 radical (unpaired) electrons. The van der Waals surface area contributed by atoms with Gasteiger partial charge in [0.05, 0.1) is 12.6 Å². The van der Waals surface area contributed by atoms with E-state index in [0.29, 0.717) is 6.54 Å². The molecule has 0 aromatic carbocycles. The van der Waals surface area contributed by atoms with E-state index in [2.05, 4.69) is 10.6 Å². The number of allylic oxidation sites excluding steroid dienone is 4. The molecule has 2 heteroatoms. The van der Waals surface area contributed by atoms with Crippen LogP contribution in [0.4, 0.5) is 0 Å². The van der Waals surface area contributed by atoms with Gasteiger partial charge >= 0.3 is 0 Å². The van der Waals surface area contributed by atoms with Gasteiger partial charge in [0.1, 0.15) is 17.7 Å². The third-order valence-corrected chi connectivity index (χ3v) is 2.03. The van der Waals surface area contributed by atoms with Crippen LogP contribution in [0.5, 0.6) is 0 Å². The number of hydrogen-bond acceptors (Lipinski definition) is 1. The number of nitrogens with two attached hydrogens (primary N) is 1. The number of rotatable bonds is 2. The molecule has 13 heavy (non-hydrogen) atoms.